The van der Waals surface area contributed by atoms with Crippen molar-refractivity contribution in [3.8, 4) is 0 Å². The molecule has 0 aromatic rings. The average Bonchev–Trinajstić information content (AvgIpc) is 2.23. The summed E-state index contributed by atoms with van der Waals surface area (Å²) in [7, 11) is 0. The number of piperidine rings is 1. The largest absolute Gasteiger partial charge is 0.317 e. The number of rotatable bonds is 5. The van der Waals surface area contributed by atoms with Gasteiger partial charge < -0.3 is 5.32 Å². The second kappa shape index (κ2) is 5.53. The van der Waals surface area contributed by atoms with Crippen LogP contribution in [0.25, 0.3) is 0 Å². The third-order valence-corrected chi connectivity index (χ3v) is 4.75. The summed E-state index contributed by atoms with van der Waals surface area (Å²) < 4.78 is 0. The van der Waals surface area contributed by atoms with E-state index in [1.807, 2.05) is 0 Å². The van der Waals surface area contributed by atoms with Crippen LogP contribution in [0.4, 0.5) is 0 Å². The molecule has 94 valence electrons. The van der Waals surface area contributed by atoms with Crippen molar-refractivity contribution in [3.05, 3.63) is 0 Å². The zero-order valence-corrected chi connectivity index (χ0v) is 11.2. The van der Waals surface area contributed by atoms with Crippen molar-refractivity contribution in [3.63, 3.8) is 0 Å². The molecule has 0 aromatic heterocycles. The highest BCUT2D eigenvalue weighted by Gasteiger charge is 2.43. The van der Waals surface area contributed by atoms with Crippen molar-refractivity contribution in [2.45, 2.75) is 65.2 Å². The molecular formula is C15H29N. The van der Waals surface area contributed by atoms with Crippen molar-refractivity contribution in [1.82, 2.24) is 5.32 Å². The van der Waals surface area contributed by atoms with Gasteiger partial charge in [-0.25, -0.2) is 0 Å². The smallest absolute Gasteiger partial charge is 0.00436 e. The van der Waals surface area contributed by atoms with Gasteiger partial charge in [0.1, 0.15) is 0 Å². The van der Waals surface area contributed by atoms with Crippen molar-refractivity contribution in [2.24, 2.45) is 17.3 Å². The zero-order chi connectivity index (χ0) is 11.4. The summed E-state index contributed by atoms with van der Waals surface area (Å²) in [6.07, 6.45) is 11.9. The Morgan fingerprint density at radius 1 is 1.12 bits per heavy atom. The summed E-state index contributed by atoms with van der Waals surface area (Å²) >= 11 is 0. The molecule has 0 radical (unpaired) electrons. The van der Waals surface area contributed by atoms with Gasteiger partial charge in [0.25, 0.3) is 0 Å². The summed E-state index contributed by atoms with van der Waals surface area (Å²) in [6.45, 7) is 7.24. The Morgan fingerprint density at radius 3 is 2.44 bits per heavy atom. The first kappa shape index (κ1) is 12.4. The second-order valence-electron chi connectivity index (χ2n) is 6.70. The fraction of sp³-hybridized carbons (Fsp3) is 1.00. The van der Waals surface area contributed by atoms with Crippen molar-refractivity contribution >= 4 is 0 Å². The third kappa shape index (κ3) is 3.23. The highest BCUT2D eigenvalue weighted by Crippen LogP contribution is 2.53. The van der Waals surface area contributed by atoms with Crippen LogP contribution in [-0.4, -0.2) is 13.1 Å². The van der Waals surface area contributed by atoms with Gasteiger partial charge in [0.2, 0.25) is 0 Å². The van der Waals surface area contributed by atoms with Crippen LogP contribution in [0.3, 0.4) is 0 Å². The van der Waals surface area contributed by atoms with Gasteiger partial charge in [0, 0.05) is 0 Å². The van der Waals surface area contributed by atoms with E-state index < -0.39 is 0 Å². The van der Waals surface area contributed by atoms with Crippen LogP contribution >= 0.6 is 0 Å². The SMILES string of the molecule is CC(C)CCCCC1CC2(CCNCC2)C1. The highest BCUT2D eigenvalue weighted by molar-refractivity contribution is 4.96. The molecule has 0 amide bonds. The monoisotopic (exact) mass is 223 g/mol. The van der Waals surface area contributed by atoms with Gasteiger partial charge in [-0.3, -0.25) is 0 Å². The first-order valence-electron chi connectivity index (χ1n) is 7.41. The lowest BCUT2D eigenvalue weighted by atomic mass is 9.57. The minimum Gasteiger partial charge on any atom is -0.317 e. The Kier molecular flexibility index (Phi) is 4.29. The van der Waals surface area contributed by atoms with Crippen LogP contribution in [0.15, 0.2) is 0 Å². The maximum absolute atomic E-state index is 3.49. The van der Waals surface area contributed by atoms with E-state index in [4.69, 9.17) is 0 Å². The molecule has 1 nitrogen and oxygen atoms in total. The molecular weight excluding hydrogens is 194 g/mol. The third-order valence-electron chi connectivity index (χ3n) is 4.75. The molecule has 2 fully saturated rings. The van der Waals surface area contributed by atoms with Gasteiger partial charge in [0.15, 0.2) is 0 Å². The maximum Gasteiger partial charge on any atom is -0.00436 e. The zero-order valence-electron chi connectivity index (χ0n) is 11.2. The van der Waals surface area contributed by atoms with E-state index in [9.17, 15) is 0 Å². The van der Waals surface area contributed by atoms with E-state index >= 15 is 0 Å². The lowest BCUT2D eigenvalue weighted by molar-refractivity contribution is 0.0162. The maximum atomic E-state index is 3.49. The Labute approximate surface area is 101 Å². The molecule has 1 aliphatic carbocycles. The Balaban J connectivity index is 1.54. The molecule has 2 aliphatic rings. The van der Waals surface area contributed by atoms with E-state index in [1.54, 1.807) is 12.8 Å². The van der Waals surface area contributed by atoms with Gasteiger partial charge in [-0.15, -0.1) is 0 Å². The summed E-state index contributed by atoms with van der Waals surface area (Å²) in [5, 5.41) is 3.49. The summed E-state index contributed by atoms with van der Waals surface area (Å²) in [5.41, 5.74) is 0.800. The highest BCUT2D eigenvalue weighted by atomic mass is 14.9. The first-order chi connectivity index (χ1) is 7.70. The van der Waals surface area contributed by atoms with E-state index in [2.05, 4.69) is 19.2 Å². The van der Waals surface area contributed by atoms with Crippen LogP contribution in [0, 0.1) is 17.3 Å². The van der Waals surface area contributed by atoms with E-state index in [0.717, 1.165) is 17.3 Å². The van der Waals surface area contributed by atoms with Crippen molar-refractivity contribution in [2.75, 3.05) is 13.1 Å². The second-order valence-corrected chi connectivity index (χ2v) is 6.70. The molecule has 1 saturated heterocycles. The van der Waals surface area contributed by atoms with Crippen LogP contribution < -0.4 is 5.32 Å². The number of hydrogen-bond acceptors (Lipinski definition) is 1. The number of nitrogens with one attached hydrogen (secondary N) is 1. The molecule has 0 atom stereocenters. The summed E-state index contributed by atoms with van der Waals surface area (Å²) in [4.78, 5) is 0. The lowest BCUT2D eigenvalue weighted by Gasteiger charge is -2.50. The molecule has 1 N–H and O–H groups in total. The van der Waals surface area contributed by atoms with Crippen LogP contribution in [-0.2, 0) is 0 Å². The quantitative estimate of drug-likeness (QED) is 0.695. The molecule has 0 bridgehead atoms. The van der Waals surface area contributed by atoms with Gasteiger partial charge in [-0.1, -0.05) is 39.5 Å². The Hall–Kier alpha value is -0.0400. The minimum absolute atomic E-state index is 0.800. The fourth-order valence-electron chi connectivity index (χ4n) is 3.72. The molecule has 0 aromatic carbocycles. The normalized spacial score (nSPS) is 24.9. The Bertz CT molecular complexity index is 195. The Morgan fingerprint density at radius 2 is 1.81 bits per heavy atom. The molecule has 1 spiro atoms. The molecule has 16 heavy (non-hydrogen) atoms. The van der Waals surface area contributed by atoms with Crippen LogP contribution in [0.2, 0.25) is 0 Å². The van der Waals surface area contributed by atoms with Gasteiger partial charge in [-0.05, 0) is 56.0 Å². The summed E-state index contributed by atoms with van der Waals surface area (Å²) in [5.74, 6) is 1.99. The standard InChI is InChI=1S/C15H29N/c1-13(2)5-3-4-6-14-11-15(12-14)7-9-16-10-8-15/h13-14,16H,3-12H2,1-2H3. The van der Waals surface area contributed by atoms with Crippen molar-refractivity contribution < 1.29 is 0 Å². The van der Waals surface area contributed by atoms with Crippen LogP contribution in [0.1, 0.15) is 65.2 Å². The van der Waals surface area contributed by atoms with Crippen molar-refractivity contribution in [1.29, 1.82) is 0 Å². The molecule has 1 aliphatic heterocycles. The number of unbranched alkanes of at least 4 members (excludes halogenated alkanes) is 1. The van der Waals surface area contributed by atoms with Gasteiger partial charge in [0.05, 0.1) is 0 Å². The minimum atomic E-state index is 0.800. The van der Waals surface area contributed by atoms with Gasteiger partial charge in [-0.2, -0.15) is 0 Å². The predicted octanol–water partition coefficient (Wildman–Crippen LogP) is 3.98. The molecule has 1 heteroatoms. The lowest BCUT2D eigenvalue weighted by Crippen LogP contribution is -2.45. The number of hydrogen-bond donors (Lipinski definition) is 1. The first-order valence-corrected chi connectivity index (χ1v) is 7.41. The average molecular weight is 223 g/mol. The molecule has 1 saturated carbocycles. The van der Waals surface area contributed by atoms with E-state index in [1.165, 1.54) is 51.6 Å². The van der Waals surface area contributed by atoms with Crippen LogP contribution in [0.5, 0.6) is 0 Å². The fourth-order valence-corrected chi connectivity index (χ4v) is 3.72. The molecule has 1 heterocycles. The molecule has 0 unspecified atom stereocenters. The summed E-state index contributed by atoms with van der Waals surface area (Å²) in [6, 6.07) is 0. The van der Waals surface area contributed by atoms with E-state index in [0.29, 0.717) is 0 Å². The van der Waals surface area contributed by atoms with Gasteiger partial charge >= 0.3 is 0 Å². The predicted molar refractivity (Wildman–Crippen MR) is 70.6 cm³/mol. The molecule has 2 rings (SSSR count). The topological polar surface area (TPSA) is 12.0 Å². The van der Waals surface area contributed by atoms with E-state index in [-0.39, 0.29) is 0 Å².